The topological polar surface area (TPSA) is 45.1 Å². The van der Waals surface area contributed by atoms with Crippen molar-refractivity contribution >= 4 is 6.21 Å². The number of nitrogens with zero attached hydrogens (tertiary/aromatic N) is 2. The van der Waals surface area contributed by atoms with Gasteiger partial charge in [0.25, 0.3) is 0 Å². The molecular formula is C11H24N2O2. The number of aliphatic hydroxyl groups excluding tert-OH is 1. The van der Waals surface area contributed by atoms with E-state index in [-0.39, 0.29) is 6.61 Å². The van der Waals surface area contributed by atoms with Crippen LogP contribution in [0.1, 0.15) is 27.2 Å². The Kier molecular flexibility index (Phi) is 9.52. The van der Waals surface area contributed by atoms with Crippen LogP contribution in [0.5, 0.6) is 0 Å². The van der Waals surface area contributed by atoms with Gasteiger partial charge >= 0.3 is 0 Å². The van der Waals surface area contributed by atoms with Gasteiger partial charge in [-0.15, -0.1) is 0 Å². The predicted octanol–water partition coefficient (Wildman–Crippen LogP) is 1.35. The van der Waals surface area contributed by atoms with E-state index in [2.05, 4.69) is 30.8 Å². The van der Waals surface area contributed by atoms with Crippen LogP contribution in [-0.4, -0.2) is 49.1 Å². The number of likely N-dealkylation sites (N-methyl/N-ethyl adjacent to an activating group) is 1. The quantitative estimate of drug-likeness (QED) is 0.359. The van der Waals surface area contributed by atoms with Crippen molar-refractivity contribution in [2.75, 3.05) is 32.8 Å². The lowest BCUT2D eigenvalue weighted by atomic mass is 10.3. The van der Waals surface area contributed by atoms with Gasteiger partial charge in [-0.2, -0.15) is 0 Å². The van der Waals surface area contributed by atoms with E-state index >= 15 is 0 Å². The first kappa shape index (κ1) is 14.4. The lowest BCUT2D eigenvalue weighted by Gasteiger charge is -2.18. The standard InChI is InChI=1S/C11H24N2O2/c1-4-13(7-8-14)6-5-9-15-12-10-11(2)3/h10-11,14H,4-9H2,1-3H3/b12-10+. The van der Waals surface area contributed by atoms with Crippen LogP contribution in [0.4, 0.5) is 0 Å². The maximum Gasteiger partial charge on any atom is 0.118 e. The molecule has 0 aromatic carbocycles. The Morgan fingerprint density at radius 3 is 2.67 bits per heavy atom. The molecule has 0 saturated carbocycles. The molecule has 0 spiro atoms. The maximum atomic E-state index is 8.77. The van der Waals surface area contributed by atoms with Crippen molar-refractivity contribution < 1.29 is 9.94 Å². The van der Waals surface area contributed by atoms with Crippen molar-refractivity contribution in [3.05, 3.63) is 0 Å². The minimum Gasteiger partial charge on any atom is -0.396 e. The number of oxime groups is 1. The van der Waals surface area contributed by atoms with Gasteiger partial charge < -0.3 is 14.8 Å². The molecule has 0 saturated heterocycles. The summed E-state index contributed by atoms with van der Waals surface area (Å²) in [5.74, 6) is 0.437. The van der Waals surface area contributed by atoms with E-state index in [0.29, 0.717) is 12.5 Å². The average molecular weight is 216 g/mol. The van der Waals surface area contributed by atoms with Crippen molar-refractivity contribution in [1.82, 2.24) is 4.90 Å². The second-order valence-corrected chi connectivity index (χ2v) is 3.84. The molecule has 4 nitrogen and oxygen atoms in total. The van der Waals surface area contributed by atoms with Crippen molar-refractivity contribution in [3.8, 4) is 0 Å². The highest BCUT2D eigenvalue weighted by Gasteiger charge is 2.00. The van der Waals surface area contributed by atoms with Crippen molar-refractivity contribution in [2.24, 2.45) is 11.1 Å². The molecule has 0 aliphatic rings. The van der Waals surface area contributed by atoms with Gasteiger partial charge in [0.05, 0.1) is 6.61 Å². The molecule has 0 fully saturated rings. The highest BCUT2D eigenvalue weighted by molar-refractivity contribution is 5.58. The van der Waals surface area contributed by atoms with Gasteiger partial charge in [0, 0.05) is 19.3 Å². The molecule has 0 aliphatic carbocycles. The van der Waals surface area contributed by atoms with E-state index in [9.17, 15) is 0 Å². The van der Waals surface area contributed by atoms with E-state index in [0.717, 1.165) is 26.1 Å². The number of rotatable bonds is 9. The van der Waals surface area contributed by atoms with Gasteiger partial charge in [-0.1, -0.05) is 25.9 Å². The predicted molar refractivity (Wildman–Crippen MR) is 63.1 cm³/mol. The number of hydrogen-bond acceptors (Lipinski definition) is 4. The largest absolute Gasteiger partial charge is 0.396 e. The molecule has 90 valence electrons. The Labute approximate surface area is 92.9 Å². The van der Waals surface area contributed by atoms with Crippen molar-refractivity contribution in [3.63, 3.8) is 0 Å². The van der Waals surface area contributed by atoms with Gasteiger partial charge in [-0.05, 0) is 18.9 Å². The second kappa shape index (κ2) is 9.93. The van der Waals surface area contributed by atoms with E-state index in [1.54, 1.807) is 6.21 Å². The van der Waals surface area contributed by atoms with E-state index in [1.807, 2.05) is 0 Å². The van der Waals surface area contributed by atoms with Crippen LogP contribution in [0.2, 0.25) is 0 Å². The number of hydrogen-bond donors (Lipinski definition) is 1. The molecule has 0 unspecified atom stereocenters. The summed E-state index contributed by atoms with van der Waals surface area (Å²) < 4.78 is 0. The summed E-state index contributed by atoms with van der Waals surface area (Å²) in [6.45, 7) is 9.74. The lowest BCUT2D eigenvalue weighted by Crippen LogP contribution is -2.28. The Balaban J connectivity index is 3.36. The summed E-state index contributed by atoms with van der Waals surface area (Å²) in [5, 5.41) is 12.6. The second-order valence-electron chi connectivity index (χ2n) is 3.84. The molecule has 0 rings (SSSR count). The molecular weight excluding hydrogens is 192 g/mol. The van der Waals surface area contributed by atoms with Gasteiger partial charge in [-0.25, -0.2) is 0 Å². The Hall–Kier alpha value is -0.610. The first-order valence-corrected chi connectivity index (χ1v) is 5.69. The molecule has 1 N–H and O–H groups in total. The Morgan fingerprint density at radius 2 is 2.13 bits per heavy atom. The summed E-state index contributed by atoms with van der Waals surface area (Å²) in [7, 11) is 0. The van der Waals surface area contributed by atoms with Crippen LogP contribution in [0.15, 0.2) is 5.16 Å². The highest BCUT2D eigenvalue weighted by Crippen LogP contribution is 1.92. The molecule has 0 aromatic heterocycles. The van der Waals surface area contributed by atoms with Crippen LogP contribution in [0.3, 0.4) is 0 Å². The summed E-state index contributed by atoms with van der Waals surface area (Å²) in [6, 6.07) is 0. The molecule has 0 amide bonds. The zero-order valence-corrected chi connectivity index (χ0v) is 10.1. The van der Waals surface area contributed by atoms with Crippen molar-refractivity contribution in [1.29, 1.82) is 0 Å². The molecule has 0 aliphatic heterocycles. The highest BCUT2D eigenvalue weighted by atomic mass is 16.6. The fraction of sp³-hybridized carbons (Fsp3) is 0.909. The Morgan fingerprint density at radius 1 is 1.40 bits per heavy atom. The van der Waals surface area contributed by atoms with Crippen LogP contribution in [-0.2, 0) is 4.84 Å². The third-order valence-corrected chi connectivity index (χ3v) is 2.01. The molecule has 0 radical (unpaired) electrons. The molecule has 0 heterocycles. The summed E-state index contributed by atoms with van der Waals surface area (Å²) >= 11 is 0. The SMILES string of the molecule is CCN(CCO)CCCO/N=C/C(C)C. The third-order valence-electron chi connectivity index (χ3n) is 2.01. The van der Waals surface area contributed by atoms with Crippen LogP contribution in [0.25, 0.3) is 0 Å². The van der Waals surface area contributed by atoms with E-state index in [4.69, 9.17) is 9.94 Å². The summed E-state index contributed by atoms with van der Waals surface area (Å²) in [5.41, 5.74) is 0. The minimum atomic E-state index is 0.222. The minimum absolute atomic E-state index is 0.222. The van der Waals surface area contributed by atoms with Crippen LogP contribution >= 0.6 is 0 Å². The first-order chi connectivity index (χ1) is 7.20. The molecule has 15 heavy (non-hydrogen) atoms. The zero-order valence-electron chi connectivity index (χ0n) is 10.1. The monoisotopic (exact) mass is 216 g/mol. The molecule has 0 atom stereocenters. The first-order valence-electron chi connectivity index (χ1n) is 5.69. The van der Waals surface area contributed by atoms with Gasteiger partial charge in [0.15, 0.2) is 0 Å². The van der Waals surface area contributed by atoms with E-state index in [1.165, 1.54) is 0 Å². The molecule has 4 heteroatoms. The summed E-state index contributed by atoms with van der Waals surface area (Å²) in [4.78, 5) is 7.29. The Bertz CT molecular complexity index is 161. The van der Waals surface area contributed by atoms with Crippen molar-refractivity contribution in [2.45, 2.75) is 27.2 Å². The summed E-state index contributed by atoms with van der Waals surface area (Å²) in [6.07, 6.45) is 2.74. The fourth-order valence-corrected chi connectivity index (χ4v) is 1.14. The maximum absolute atomic E-state index is 8.77. The van der Waals surface area contributed by atoms with Gasteiger partial charge in [0.1, 0.15) is 6.61 Å². The number of aliphatic hydroxyl groups is 1. The van der Waals surface area contributed by atoms with Gasteiger partial charge in [-0.3, -0.25) is 0 Å². The average Bonchev–Trinajstić information content (AvgIpc) is 2.21. The molecule has 0 bridgehead atoms. The third kappa shape index (κ3) is 9.69. The van der Waals surface area contributed by atoms with E-state index < -0.39 is 0 Å². The van der Waals surface area contributed by atoms with Gasteiger partial charge in [0.2, 0.25) is 0 Å². The fourth-order valence-electron chi connectivity index (χ4n) is 1.14. The lowest BCUT2D eigenvalue weighted by molar-refractivity contribution is 0.124. The zero-order chi connectivity index (χ0) is 11.5. The van der Waals surface area contributed by atoms with Crippen LogP contribution < -0.4 is 0 Å². The molecule has 0 aromatic rings. The smallest absolute Gasteiger partial charge is 0.118 e. The normalized spacial score (nSPS) is 11.9. The van der Waals surface area contributed by atoms with Crippen LogP contribution in [0, 0.1) is 5.92 Å².